The van der Waals surface area contributed by atoms with Crippen molar-refractivity contribution in [3.05, 3.63) is 30.5 Å². The molecule has 2 aromatic rings. The highest BCUT2D eigenvalue weighted by atomic mass is 16.5. The summed E-state index contributed by atoms with van der Waals surface area (Å²) in [5.41, 5.74) is 8.79. The molecule has 4 heteroatoms. The van der Waals surface area contributed by atoms with Crippen LogP contribution in [0.1, 0.15) is 6.92 Å². The summed E-state index contributed by atoms with van der Waals surface area (Å²) in [4.78, 5) is 6.72. The lowest BCUT2D eigenvalue weighted by molar-refractivity contribution is 0.0533. The minimum absolute atomic E-state index is 0.267. The van der Waals surface area contributed by atoms with Crippen molar-refractivity contribution >= 4 is 22.3 Å². The van der Waals surface area contributed by atoms with Crippen LogP contribution < -0.4 is 10.6 Å². The molecule has 1 aromatic heterocycles. The molecule has 0 saturated carbocycles. The number of fused-ring (bicyclic) bond motifs is 1. The average Bonchev–Trinajstić information content (AvgIpc) is 2.39. The molecule has 0 amide bonds. The van der Waals surface area contributed by atoms with Crippen LogP contribution in [0.2, 0.25) is 0 Å². The third-order valence-electron chi connectivity index (χ3n) is 3.36. The van der Waals surface area contributed by atoms with Crippen molar-refractivity contribution in [2.24, 2.45) is 0 Å². The number of anilines is 2. The molecule has 1 atom stereocenters. The second kappa shape index (κ2) is 4.46. The maximum atomic E-state index is 5.98. The van der Waals surface area contributed by atoms with Crippen LogP contribution in [0, 0.1) is 0 Å². The molecule has 1 saturated heterocycles. The Morgan fingerprint density at radius 3 is 3.11 bits per heavy atom. The highest BCUT2D eigenvalue weighted by Gasteiger charge is 2.19. The smallest absolute Gasteiger partial charge is 0.0951 e. The van der Waals surface area contributed by atoms with Crippen molar-refractivity contribution in [2.45, 2.75) is 13.0 Å². The first-order valence-electron chi connectivity index (χ1n) is 6.25. The van der Waals surface area contributed by atoms with Gasteiger partial charge in [-0.25, -0.2) is 0 Å². The Bertz CT molecular complexity index is 570. The lowest BCUT2D eigenvalue weighted by Gasteiger charge is -2.33. The van der Waals surface area contributed by atoms with Crippen LogP contribution in [0.5, 0.6) is 0 Å². The van der Waals surface area contributed by atoms with Crippen molar-refractivity contribution < 1.29 is 4.74 Å². The first-order chi connectivity index (χ1) is 8.75. The van der Waals surface area contributed by atoms with Gasteiger partial charge < -0.3 is 15.4 Å². The first kappa shape index (κ1) is 11.3. The fraction of sp³-hybridized carbons (Fsp3) is 0.357. The number of morpholine rings is 1. The Morgan fingerprint density at radius 2 is 2.28 bits per heavy atom. The van der Waals surface area contributed by atoms with Crippen LogP contribution in [0.15, 0.2) is 30.5 Å². The van der Waals surface area contributed by atoms with E-state index < -0.39 is 0 Å². The zero-order chi connectivity index (χ0) is 12.5. The van der Waals surface area contributed by atoms with Gasteiger partial charge in [0.25, 0.3) is 0 Å². The molecule has 1 fully saturated rings. The Balaban J connectivity index is 2.09. The van der Waals surface area contributed by atoms with Gasteiger partial charge in [0.1, 0.15) is 0 Å². The SMILES string of the molecule is CC1CN(c2ccc(N)c3ncccc23)CCO1. The van der Waals surface area contributed by atoms with Crippen molar-refractivity contribution in [3.8, 4) is 0 Å². The normalized spacial score (nSPS) is 20.3. The summed E-state index contributed by atoms with van der Waals surface area (Å²) in [6, 6.07) is 8.05. The molecule has 0 bridgehead atoms. The Labute approximate surface area is 106 Å². The molecule has 0 radical (unpaired) electrons. The summed E-state index contributed by atoms with van der Waals surface area (Å²) in [6.45, 7) is 4.70. The molecule has 94 valence electrons. The van der Waals surface area contributed by atoms with Gasteiger partial charge in [-0.15, -0.1) is 0 Å². The van der Waals surface area contributed by atoms with Crippen LogP contribution >= 0.6 is 0 Å². The molecule has 2 heterocycles. The van der Waals surface area contributed by atoms with Gasteiger partial charge in [-0.05, 0) is 31.2 Å². The van der Waals surface area contributed by atoms with Crippen LogP contribution in [0.4, 0.5) is 11.4 Å². The van der Waals surface area contributed by atoms with E-state index in [2.05, 4.69) is 28.9 Å². The first-order valence-corrected chi connectivity index (χ1v) is 6.25. The number of nitrogens with zero attached hydrogens (tertiary/aromatic N) is 2. The summed E-state index contributed by atoms with van der Waals surface area (Å²) < 4.78 is 5.58. The molecule has 2 N–H and O–H groups in total. The summed E-state index contributed by atoms with van der Waals surface area (Å²) in [6.07, 6.45) is 2.05. The summed E-state index contributed by atoms with van der Waals surface area (Å²) in [5.74, 6) is 0. The van der Waals surface area contributed by atoms with Gasteiger partial charge in [-0.2, -0.15) is 0 Å². The largest absolute Gasteiger partial charge is 0.397 e. The molecule has 1 aromatic carbocycles. The quantitative estimate of drug-likeness (QED) is 0.779. The molecule has 1 unspecified atom stereocenters. The van der Waals surface area contributed by atoms with E-state index in [9.17, 15) is 0 Å². The van der Waals surface area contributed by atoms with Gasteiger partial charge in [-0.1, -0.05) is 0 Å². The Morgan fingerprint density at radius 1 is 1.39 bits per heavy atom. The zero-order valence-corrected chi connectivity index (χ0v) is 10.5. The number of nitrogen functional groups attached to an aromatic ring is 1. The summed E-state index contributed by atoms with van der Waals surface area (Å²) >= 11 is 0. The number of ether oxygens (including phenoxy) is 1. The van der Waals surface area contributed by atoms with E-state index in [1.54, 1.807) is 6.20 Å². The van der Waals surface area contributed by atoms with Crippen molar-refractivity contribution in [3.63, 3.8) is 0 Å². The van der Waals surface area contributed by atoms with Crippen LogP contribution in [-0.2, 0) is 4.74 Å². The van der Waals surface area contributed by atoms with Gasteiger partial charge in [0.2, 0.25) is 0 Å². The Kier molecular flexibility index (Phi) is 2.80. The fourth-order valence-corrected chi connectivity index (χ4v) is 2.49. The van der Waals surface area contributed by atoms with Gasteiger partial charge in [0.15, 0.2) is 0 Å². The summed E-state index contributed by atoms with van der Waals surface area (Å²) in [7, 11) is 0. The number of hydrogen-bond acceptors (Lipinski definition) is 4. The van der Waals surface area contributed by atoms with Gasteiger partial charge in [0.05, 0.1) is 23.9 Å². The van der Waals surface area contributed by atoms with E-state index in [-0.39, 0.29) is 6.10 Å². The number of benzene rings is 1. The highest BCUT2D eigenvalue weighted by molar-refractivity contribution is 5.98. The average molecular weight is 243 g/mol. The topological polar surface area (TPSA) is 51.4 Å². The van der Waals surface area contributed by atoms with E-state index in [1.165, 1.54) is 5.69 Å². The highest BCUT2D eigenvalue weighted by Crippen LogP contribution is 2.30. The van der Waals surface area contributed by atoms with Crippen molar-refractivity contribution in [1.82, 2.24) is 4.98 Å². The van der Waals surface area contributed by atoms with Gasteiger partial charge in [-0.3, -0.25) is 4.98 Å². The molecular weight excluding hydrogens is 226 g/mol. The fourth-order valence-electron chi connectivity index (χ4n) is 2.49. The van der Waals surface area contributed by atoms with Crippen molar-refractivity contribution in [2.75, 3.05) is 30.3 Å². The van der Waals surface area contributed by atoms with E-state index >= 15 is 0 Å². The number of hydrogen-bond donors (Lipinski definition) is 1. The van der Waals surface area contributed by atoms with Crippen LogP contribution in [0.25, 0.3) is 10.9 Å². The van der Waals surface area contributed by atoms with E-state index in [1.807, 2.05) is 12.1 Å². The lowest BCUT2D eigenvalue weighted by Crippen LogP contribution is -2.41. The van der Waals surface area contributed by atoms with Crippen molar-refractivity contribution in [1.29, 1.82) is 0 Å². The number of nitrogens with two attached hydrogens (primary N) is 1. The molecule has 1 aliphatic rings. The van der Waals surface area contributed by atoms with Gasteiger partial charge in [0, 0.05) is 30.4 Å². The molecule has 4 nitrogen and oxygen atoms in total. The lowest BCUT2D eigenvalue weighted by atomic mass is 10.1. The number of aromatic nitrogens is 1. The van der Waals surface area contributed by atoms with E-state index in [0.717, 1.165) is 36.3 Å². The van der Waals surface area contributed by atoms with E-state index in [4.69, 9.17) is 10.5 Å². The third kappa shape index (κ3) is 1.88. The zero-order valence-electron chi connectivity index (χ0n) is 10.5. The van der Waals surface area contributed by atoms with E-state index in [0.29, 0.717) is 0 Å². The molecule has 0 aliphatic carbocycles. The molecule has 1 aliphatic heterocycles. The predicted octanol–water partition coefficient (Wildman–Crippen LogP) is 2.04. The number of rotatable bonds is 1. The molecule has 3 rings (SSSR count). The molecular formula is C14H17N3O. The maximum Gasteiger partial charge on any atom is 0.0951 e. The maximum absolute atomic E-state index is 5.98. The second-order valence-corrected chi connectivity index (χ2v) is 4.70. The third-order valence-corrected chi connectivity index (χ3v) is 3.36. The number of pyridine rings is 1. The monoisotopic (exact) mass is 243 g/mol. The predicted molar refractivity (Wildman–Crippen MR) is 73.8 cm³/mol. The molecule has 0 spiro atoms. The Hall–Kier alpha value is -1.81. The summed E-state index contributed by atoms with van der Waals surface area (Å²) in [5, 5.41) is 1.12. The molecule has 18 heavy (non-hydrogen) atoms. The second-order valence-electron chi connectivity index (χ2n) is 4.70. The minimum Gasteiger partial charge on any atom is -0.397 e. The van der Waals surface area contributed by atoms with Crippen LogP contribution in [0.3, 0.4) is 0 Å². The standard InChI is InChI=1S/C14H17N3O/c1-10-9-17(7-8-18-10)13-5-4-12(15)14-11(13)3-2-6-16-14/h2-6,10H,7-9,15H2,1H3. The van der Waals surface area contributed by atoms with Crippen LogP contribution in [-0.4, -0.2) is 30.8 Å². The van der Waals surface area contributed by atoms with Gasteiger partial charge >= 0.3 is 0 Å². The minimum atomic E-state index is 0.267.